The van der Waals surface area contributed by atoms with Crippen LogP contribution >= 0.6 is 11.6 Å². The van der Waals surface area contributed by atoms with Crippen molar-refractivity contribution in [3.05, 3.63) is 53.1 Å². The Bertz CT molecular complexity index is 911. The van der Waals surface area contributed by atoms with Gasteiger partial charge in [-0.05, 0) is 50.4 Å². The lowest BCUT2D eigenvalue weighted by molar-refractivity contribution is -0.122. The number of methoxy groups -OCH3 is 1. The van der Waals surface area contributed by atoms with Crippen molar-refractivity contribution in [2.45, 2.75) is 13.0 Å². The number of carbonyl (C=O) groups excluding carboxylic acids is 2. The Morgan fingerprint density at radius 1 is 1.25 bits per heavy atom. The highest BCUT2D eigenvalue weighted by Gasteiger charge is 2.21. The van der Waals surface area contributed by atoms with Crippen LogP contribution in [0.5, 0.6) is 5.75 Å². The van der Waals surface area contributed by atoms with Gasteiger partial charge in [0.15, 0.2) is 0 Å². The second-order valence-corrected chi connectivity index (χ2v) is 6.60. The van der Waals surface area contributed by atoms with E-state index in [9.17, 15) is 9.59 Å². The molecule has 7 nitrogen and oxygen atoms in total. The first kappa shape index (κ1) is 21.2. The van der Waals surface area contributed by atoms with E-state index < -0.39 is 6.04 Å². The van der Waals surface area contributed by atoms with Crippen molar-refractivity contribution < 1.29 is 14.3 Å². The van der Waals surface area contributed by atoms with Crippen molar-refractivity contribution in [1.82, 2.24) is 4.90 Å². The number of nitrogens with one attached hydrogen (secondary N) is 2. The van der Waals surface area contributed by atoms with E-state index in [0.29, 0.717) is 27.7 Å². The first-order chi connectivity index (χ1) is 13.3. The smallest absolute Gasteiger partial charge is 0.241 e. The Hall–Kier alpha value is -3.08. The molecule has 2 N–H and O–H groups in total. The second-order valence-electron chi connectivity index (χ2n) is 6.17. The lowest BCUT2D eigenvalue weighted by Gasteiger charge is -2.23. The normalized spacial score (nSPS) is 11.4. The van der Waals surface area contributed by atoms with Gasteiger partial charge in [0.05, 0.1) is 37.0 Å². The number of rotatable bonds is 7. The molecular formula is C20H21ClN4O3. The molecule has 0 bridgehead atoms. The van der Waals surface area contributed by atoms with Gasteiger partial charge in [-0.15, -0.1) is 0 Å². The molecule has 146 valence electrons. The van der Waals surface area contributed by atoms with Crippen molar-refractivity contribution in [2.24, 2.45) is 0 Å². The number of halogens is 1. The Morgan fingerprint density at radius 3 is 2.68 bits per heavy atom. The van der Waals surface area contributed by atoms with E-state index in [0.717, 1.165) is 0 Å². The number of nitriles is 1. The van der Waals surface area contributed by atoms with Gasteiger partial charge in [-0.25, -0.2) is 0 Å². The molecule has 0 saturated carbocycles. The van der Waals surface area contributed by atoms with Gasteiger partial charge in [0.2, 0.25) is 11.8 Å². The summed E-state index contributed by atoms with van der Waals surface area (Å²) in [5.74, 6) is -0.108. The highest BCUT2D eigenvalue weighted by Crippen LogP contribution is 2.27. The number of carbonyl (C=O) groups is 2. The first-order valence-electron chi connectivity index (χ1n) is 8.48. The third-order valence-electron chi connectivity index (χ3n) is 4.13. The highest BCUT2D eigenvalue weighted by molar-refractivity contribution is 6.31. The molecule has 0 aliphatic rings. The molecule has 0 unspecified atom stereocenters. The van der Waals surface area contributed by atoms with Gasteiger partial charge < -0.3 is 15.4 Å². The summed E-state index contributed by atoms with van der Waals surface area (Å²) in [5.41, 5.74) is 1.44. The van der Waals surface area contributed by atoms with Crippen LogP contribution < -0.4 is 15.4 Å². The summed E-state index contributed by atoms with van der Waals surface area (Å²) in [6, 6.07) is 13.0. The molecule has 2 aromatic carbocycles. The minimum absolute atomic E-state index is 0.0114. The molecule has 2 aromatic rings. The number of likely N-dealkylation sites (N-methyl/N-ethyl adjacent to an activating group) is 1. The number of benzene rings is 2. The molecule has 2 rings (SSSR count). The van der Waals surface area contributed by atoms with Gasteiger partial charge in [-0.3, -0.25) is 14.5 Å². The molecule has 0 spiro atoms. The van der Waals surface area contributed by atoms with E-state index in [-0.39, 0.29) is 18.4 Å². The fraction of sp³-hybridized carbons (Fsp3) is 0.250. The summed E-state index contributed by atoms with van der Waals surface area (Å²) in [4.78, 5) is 26.4. The zero-order chi connectivity index (χ0) is 20.7. The minimum Gasteiger partial charge on any atom is -0.495 e. The van der Waals surface area contributed by atoms with Crippen molar-refractivity contribution >= 4 is 34.8 Å². The van der Waals surface area contributed by atoms with Crippen LogP contribution in [-0.2, 0) is 9.59 Å². The maximum absolute atomic E-state index is 12.4. The maximum atomic E-state index is 12.4. The van der Waals surface area contributed by atoms with Gasteiger partial charge in [0.25, 0.3) is 0 Å². The maximum Gasteiger partial charge on any atom is 0.241 e. The third-order valence-corrected chi connectivity index (χ3v) is 4.36. The van der Waals surface area contributed by atoms with Gasteiger partial charge in [-0.2, -0.15) is 5.26 Å². The molecule has 0 aliphatic heterocycles. The van der Waals surface area contributed by atoms with Gasteiger partial charge >= 0.3 is 0 Å². The number of amides is 2. The summed E-state index contributed by atoms with van der Waals surface area (Å²) in [6.07, 6.45) is 0. The Morgan fingerprint density at radius 2 is 2.00 bits per heavy atom. The van der Waals surface area contributed by atoms with Crippen molar-refractivity contribution in [2.75, 3.05) is 31.3 Å². The molecule has 8 heteroatoms. The molecule has 28 heavy (non-hydrogen) atoms. The standard InChI is InChI=1S/C20H21ClN4O3/c1-13(20(27)23-16-6-4-5-14(9-16)11-22)25(2)12-19(26)24-17-10-15(21)7-8-18(17)28-3/h4-10,13H,12H2,1-3H3,(H,23,27)(H,24,26)/t13-/m0/s1. The average Bonchev–Trinajstić information content (AvgIpc) is 2.67. The molecule has 2 amide bonds. The fourth-order valence-electron chi connectivity index (χ4n) is 2.44. The zero-order valence-corrected chi connectivity index (χ0v) is 16.6. The molecule has 0 radical (unpaired) electrons. The molecular weight excluding hydrogens is 380 g/mol. The van der Waals surface area contributed by atoms with Crippen LogP contribution in [0.2, 0.25) is 5.02 Å². The van der Waals surface area contributed by atoms with Crippen LogP contribution in [0.25, 0.3) is 0 Å². The SMILES string of the molecule is COc1ccc(Cl)cc1NC(=O)CN(C)[C@@H](C)C(=O)Nc1cccc(C#N)c1. The molecule has 0 aliphatic carbocycles. The van der Waals surface area contributed by atoms with Crippen molar-refractivity contribution in [1.29, 1.82) is 5.26 Å². The minimum atomic E-state index is -0.572. The van der Waals surface area contributed by atoms with Crippen LogP contribution in [0.1, 0.15) is 12.5 Å². The largest absolute Gasteiger partial charge is 0.495 e. The van der Waals surface area contributed by atoms with E-state index in [1.807, 2.05) is 6.07 Å². The monoisotopic (exact) mass is 400 g/mol. The summed E-state index contributed by atoms with van der Waals surface area (Å²) < 4.78 is 5.20. The predicted octanol–water partition coefficient (Wildman–Crippen LogP) is 3.12. The van der Waals surface area contributed by atoms with Crippen LogP contribution in [-0.4, -0.2) is 43.5 Å². The molecule has 0 saturated heterocycles. The Balaban J connectivity index is 1.96. The van der Waals surface area contributed by atoms with Crippen LogP contribution in [0.15, 0.2) is 42.5 Å². The summed E-state index contributed by atoms with van der Waals surface area (Å²) in [5, 5.41) is 14.9. The third kappa shape index (κ3) is 5.71. The number of ether oxygens (including phenoxy) is 1. The number of nitrogens with zero attached hydrogens (tertiary/aromatic N) is 2. The number of anilines is 2. The molecule has 0 heterocycles. The number of hydrogen-bond acceptors (Lipinski definition) is 5. The van der Waals surface area contributed by atoms with Crippen molar-refractivity contribution in [3.63, 3.8) is 0 Å². The van der Waals surface area contributed by atoms with E-state index in [1.165, 1.54) is 7.11 Å². The second kappa shape index (κ2) is 9.74. The Kier molecular flexibility index (Phi) is 7.38. The summed E-state index contributed by atoms with van der Waals surface area (Å²) in [6.45, 7) is 1.68. The predicted molar refractivity (Wildman–Crippen MR) is 109 cm³/mol. The van der Waals surface area contributed by atoms with E-state index in [2.05, 4.69) is 10.6 Å². The summed E-state index contributed by atoms with van der Waals surface area (Å²) in [7, 11) is 3.17. The van der Waals surface area contributed by atoms with Gasteiger partial charge in [0.1, 0.15) is 5.75 Å². The lowest BCUT2D eigenvalue weighted by Crippen LogP contribution is -2.43. The topological polar surface area (TPSA) is 94.5 Å². The lowest BCUT2D eigenvalue weighted by atomic mass is 10.2. The van der Waals surface area contributed by atoms with E-state index in [4.69, 9.17) is 21.6 Å². The Labute approximate surface area is 168 Å². The van der Waals surface area contributed by atoms with Crippen LogP contribution in [0, 0.1) is 11.3 Å². The van der Waals surface area contributed by atoms with Gasteiger partial charge in [0, 0.05) is 10.7 Å². The van der Waals surface area contributed by atoms with E-state index >= 15 is 0 Å². The summed E-state index contributed by atoms with van der Waals surface area (Å²) >= 11 is 5.96. The van der Waals surface area contributed by atoms with Gasteiger partial charge in [-0.1, -0.05) is 17.7 Å². The van der Waals surface area contributed by atoms with Crippen LogP contribution in [0.4, 0.5) is 11.4 Å². The molecule has 1 atom stereocenters. The highest BCUT2D eigenvalue weighted by atomic mass is 35.5. The first-order valence-corrected chi connectivity index (χ1v) is 8.86. The fourth-order valence-corrected chi connectivity index (χ4v) is 2.62. The number of hydrogen-bond donors (Lipinski definition) is 2. The van der Waals surface area contributed by atoms with E-state index in [1.54, 1.807) is 61.3 Å². The molecule has 0 aromatic heterocycles. The zero-order valence-electron chi connectivity index (χ0n) is 15.8. The molecule has 0 fully saturated rings. The van der Waals surface area contributed by atoms with Crippen molar-refractivity contribution in [3.8, 4) is 11.8 Å². The van der Waals surface area contributed by atoms with Crippen LogP contribution in [0.3, 0.4) is 0 Å². The average molecular weight is 401 g/mol. The quantitative estimate of drug-likeness (QED) is 0.744.